The molecule has 0 aromatic heterocycles. The summed E-state index contributed by atoms with van der Waals surface area (Å²) in [7, 11) is 1.55. The van der Waals surface area contributed by atoms with E-state index in [1.807, 2.05) is 40.7 Å². The van der Waals surface area contributed by atoms with Crippen LogP contribution in [0.25, 0.3) is 0 Å². The van der Waals surface area contributed by atoms with Crippen LogP contribution in [-0.4, -0.2) is 113 Å². The first-order chi connectivity index (χ1) is 21.2. The van der Waals surface area contributed by atoms with E-state index in [0.29, 0.717) is 45.4 Å². The molecule has 0 aromatic carbocycles. The molecule has 0 aliphatic carbocycles. The number of nitrogens with zero attached hydrogens (tertiary/aromatic N) is 1. The highest BCUT2D eigenvalue weighted by molar-refractivity contribution is 5.70. The predicted octanol–water partition coefficient (Wildman–Crippen LogP) is 3.27. The van der Waals surface area contributed by atoms with Gasteiger partial charge in [0.05, 0.1) is 36.4 Å². The minimum atomic E-state index is -1.14. The molecule has 10 atom stereocenters. The summed E-state index contributed by atoms with van der Waals surface area (Å²) in [5.74, 6) is -0.833. The van der Waals surface area contributed by atoms with E-state index >= 15 is 0 Å². The third kappa shape index (κ3) is 10.9. The molecule has 11 heteroatoms. The maximum absolute atomic E-state index is 13.1. The molecule has 0 bridgehead atoms. The number of hydrogen-bond acceptors (Lipinski definition) is 10. The maximum Gasteiger partial charge on any atom is 0.410 e. The van der Waals surface area contributed by atoms with E-state index in [1.54, 1.807) is 43.2 Å². The number of allylic oxidation sites excluding steroid dienone is 2. The lowest BCUT2D eigenvalue weighted by Crippen LogP contribution is -2.50. The van der Waals surface area contributed by atoms with Gasteiger partial charge in [0.2, 0.25) is 0 Å². The molecule has 1 amide bonds. The van der Waals surface area contributed by atoms with E-state index in [9.17, 15) is 24.9 Å². The molecule has 1 unspecified atom stereocenters. The predicted molar refractivity (Wildman–Crippen MR) is 170 cm³/mol. The maximum atomic E-state index is 13.1. The number of carbonyl (C=O) groups excluding carboxylic acids is 2. The van der Waals surface area contributed by atoms with Crippen LogP contribution >= 0.6 is 0 Å². The molecule has 3 aliphatic rings. The van der Waals surface area contributed by atoms with E-state index in [-0.39, 0.29) is 36.9 Å². The standard InChI is InChI=1S/C34H56N2O9/c1-8-26(38)24(4)31-27(43-31)21-33(5,41)14-9-10-22(2)30-23(3)11-12-28(44-32(40)36-18-16-35-17-19-36)34(6,42-7)15-13-25(37)20-29(39)45-30/h9-12,14,23-28,30-31,35,37-38,41H,8,13,15-21H2,1-7H3/b12-11+,14-9+,22-10+/t23-,24+,25+,26-,27+,28-,30+,31+,33?,34+/m0/s1. The Bertz CT molecular complexity index is 1070. The molecule has 3 rings (SSSR count). The fourth-order valence-electron chi connectivity index (χ4n) is 6.04. The number of epoxide rings is 1. The van der Waals surface area contributed by atoms with Crippen molar-refractivity contribution in [3.63, 3.8) is 0 Å². The molecular formula is C34H56N2O9. The number of esters is 1. The van der Waals surface area contributed by atoms with Crippen LogP contribution in [0.2, 0.25) is 0 Å². The van der Waals surface area contributed by atoms with Crippen LogP contribution in [0.15, 0.2) is 36.0 Å². The van der Waals surface area contributed by atoms with Gasteiger partial charge in [0.1, 0.15) is 11.7 Å². The van der Waals surface area contributed by atoms with Crippen LogP contribution in [0, 0.1) is 11.8 Å². The summed E-state index contributed by atoms with van der Waals surface area (Å²) < 4.78 is 23.5. The van der Waals surface area contributed by atoms with Crippen molar-refractivity contribution in [1.82, 2.24) is 10.2 Å². The quantitative estimate of drug-likeness (QED) is 0.122. The Morgan fingerprint density at radius 3 is 2.64 bits per heavy atom. The lowest BCUT2D eigenvalue weighted by molar-refractivity contribution is -0.151. The van der Waals surface area contributed by atoms with Crippen molar-refractivity contribution < 1.29 is 43.9 Å². The molecule has 3 aliphatic heterocycles. The fraction of sp³-hybridized carbons (Fsp3) is 0.765. The third-order valence-corrected chi connectivity index (χ3v) is 9.42. The molecule has 11 nitrogen and oxygen atoms in total. The smallest absolute Gasteiger partial charge is 0.410 e. The van der Waals surface area contributed by atoms with E-state index < -0.39 is 47.7 Å². The average Bonchev–Trinajstić information content (AvgIpc) is 3.77. The summed E-state index contributed by atoms with van der Waals surface area (Å²) >= 11 is 0. The van der Waals surface area contributed by atoms with Crippen molar-refractivity contribution in [2.45, 2.75) is 121 Å². The number of amides is 1. The number of rotatable bonds is 10. The van der Waals surface area contributed by atoms with Gasteiger partial charge in [-0.1, -0.05) is 45.1 Å². The van der Waals surface area contributed by atoms with E-state index in [1.165, 1.54) is 0 Å². The van der Waals surface area contributed by atoms with Crippen LogP contribution in [0.5, 0.6) is 0 Å². The van der Waals surface area contributed by atoms with Crippen LogP contribution in [0.1, 0.15) is 73.6 Å². The van der Waals surface area contributed by atoms with Crippen molar-refractivity contribution in [3.8, 4) is 0 Å². The van der Waals surface area contributed by atoms with Crippen molar-refractivity contribution in [3.05, 3.63) is 36.0 Å². The van der Waals surface area contributed by atoms with Crippen molar-refractivity contribution in [2.75, 3.05) is 33.3 Å². The molecule has 256 valence electrons. The first kappa shape index (κ1) is 37.2. The van der Waals surface area contributed by atoms with E-state index in [2.05, 4.69) is 5.32 Å². The molecule has 45 heavy (non-hydrogen) atoms. The van der Waals surface area contributed by atoms with Gasteiger partial charge >= 0.3 is 12.1 Å². The summed E-state index contributed by atoms with van der Waals surface area (Å²) in [4.78, 5) is 27.6. The number of ether oxygens (including phenoxy) is 4. The number of aliphatic hydroxyl groups excluding tert-OH is 2. The number of aliphatic hydroxyl groups is 3. The second kappa shape index (κ2) is 16.5. The molecule has 3 heterocycles. The fourth-order valence-corrected chi connectivity index (χ4v) is 6.04. The largest absolute Gasteiger partial charge is 0.457 e. The molecule has 2 saturated heterocycles. The number of piperazine rings is 1. The topological polar surface area (TPSA) is 150 Å². The summed E-state index contributed by atoms with van der Waals surface area (Å²) in [6.45, 7) is 13.7. The molecule has 4 N–H and O–H groups in total. The van der Waals surface area contributed by atoms with Crippen molar-refractivity contribution in [2.24, 2.45) is 11.8 Å². The Labute approximate surface area is 268 Å². The minimum Gasteiger partial charge on any atom is -0.457 e. The number of methoxy groups -OCH3 is 1. The number of nitrogens with one attached hydrogen (secondary N) is 1. The normalized spacial score (nSPS) is 35.4. The highest BCUT2D eigenvalue weighted by atomic mass is 16.6. The SMILES string of the molecule is CC[C@H](O)[C@@H](C)[C@H]1O[C@@H]1CC(C)(O)/C=C/C=C(\C)[C@H]1OC(=O)C[C@H](O)CC[C@@](C)(OC)[C@@H](OC(=O)N2CCNCC2)/C=C/[C@@H]1C. The second-order valence-electron chi connectivity index (χ2n) is 13.4. The monoisotopic (exact) mass is 636 g/mol. The summed E-state index contributed by atoms with van der Waals surface area (Å²) in [6, 6.07) is 0. The summed E-state index contributed by atoms with van der Waals surface area (Å²) in [5, 5.41) is 35.0. The number of cyclic esters (lactones) is 1. The average molecular weight is 637 g/mol. The van der Waals surface area contributed by atoms with Crippen LogP contribution in [0.4, 0.5) is 4.79 Å². The zero-order valence-corrected chi connectivity index (χ0v) is 28.1. The molecule has 0 saturated carbocycles. The van der Waals surface area contributed by atoms with Crippen LogP contribution in [0.3, 0.4) is 0 Å². The highest BCUT2D eigenvalue weighted by Gasteiger charge is 2.47. The Balaban J connectivity index is 1.77. The Hall–Kier alpha value is -2.28. The van der Waals surface area contributed by atoms with Gasteiger partial charge in [0.25, 0.3) is 0 Å². The Morgan fingerprint density at radius 2 is 2.00 bits per heavy atom. The third-order valence-electron chi connectivity index (χ3n) is 9.42. The van der Waals surface area contributed by atoms with Gasteiger partial charge in [-0.3, -0.25) is 4.79 Å². The minimum absolute atomic E-state index is 0.00213. The molecule has 0 radical (unpaired) electrons. The van der Waals surface area contributed by atoms with Crippen LogP contribution < -0.4 is 5.32 Å². The van der Waals surface area contributed by atoms with Crippen LogP contribution in [-0.2, 0) is 23.7 Å². The summed E-state index contributed by atoms with van der Waals surface area (Å²) in [5.41, 5.74) is -1.34. The van der Waals surface area contributed by atoms with E-state index in [4.69, 9.17) is 18.9 Å². The van der Waals surface area contributed by atoms with Gasteiger partial charge in [0.15, 0.2) is 6.10 Å². The molecular weight excluding hydrogens is 580 g/mol. The van der Waals surface area contributed by atoms with Gasteiger partial charge in [-0.25, -0.2) is 4.79 Å². The van der Waals surface area contributed by atoms with Gasteiger partial charge in [0, 0.05) is 51.5 Å². The highest BCUT2D eigenvalue weighted by Crippen LogP contribution is 2.37. The van der Waals surface area contributed by atoms with Gasteiger partial charge in [-0.05, 0) is 51.7 Å². The van der Waals surface area contributed by atoms with Crippen molar-refractivity contribution in [1.29, 1.82) is 0 Å². The van der Waals surface area contributed by atoms with Gasteiger partial charge in [-0.2, -0.15) is 0 Å². The Kier molecular flexibility index (Phi) is 13.6. The lowest BCUT2D eigenvalue weighted by Gasteiger charge is -2.37. The zero-order chi connectivity index (χ0) is 33.4. The molecule has 0 aromatic rings. The van der Waals surface area contributed by atoms with Gasteiger partial charge < -0.3 is 44.5 Å². The zero-order valence-electron chi connectivity index (χ0n) is 28.1. The lowest BCUT2D eigenvalue weighted by atomic mass is 9.88. The number of hydrogen-bond donors (Lipinski definition) is 4. The second-order valence-corrected chi connectivity index (χ2v) is 13.4. The first-order valence-corrected chi connectivity index (χ1v) is 16.4. The van der Waals surface area contributed by atoms with E-state index in [0.717, 1.165) is 5.57 Å². The first-order valence-electron chi connectivity index (χ1n) is 16.4. The molecule has 0 spiro atoms. The Morgan fingerprint density at radius 1 is 1.31 bits per heavy atom. The van der Waals surface area contributed by atoms with Crippen molar-refractivity contribution >= 4 is 12.1 Å². The summed E-state index contributed by atoms with van der Waals surface area (Å²) in [6.07, 6.45) is 6.95. The molecule has 2 fully saturated rings. The van der Waals surface area contributed by atoms with Gasteiger partial charge in [-0.15, -0.1) is 0 Å². The number of carbonyl (C=O) groups is 2.